The van der Waals surface area contributed by atoms with Crippen LogP contribution in [0.1, 0.15) is 19.4 Å². The van der Waals surface area contributed by atoms with E-state index in [1.165, 1.54) is 6.92 Å². The molecule has 0 bridgehead atoms. The Labute approximate surface area is 106 Å². The van der Waals surface area contributed by atoms with Crippen LogP contribution in [0.4, 0.5) is 5.69 Å². The fraction of sp³-hybridized carbons (Fsp3) is 0.308. The van der Waals surface area contributed by atoms with Crippen molar-refractivity contribution in [3.05, 3.63) is 41.3 Å². The van der Waals surface area contributed by atoms with Gasteiger partial charge >= 0.3 is 5.97 Å². The van der Waals surface area contributed by atoms with Crippen LogP contribution in [-0.4, -0.2) is 17.7 Å². The quantitative estimate of drug-likeness (QED) is 0.384. The van der Waals surface area contributed by atoms with Crippen molar-refractivity contribution in [2.45, 2.75) is 20.8 Å². The first-order valence-electron chi connectivity index (χ1n) is 5.60. The lowest BCUT2D eigenvalue weighted by Crippen LogP contribution is -2.07. The van der Waals surface area contributed by atoms with Crippen LogP contribution in [0.25, 0.3) is 0 Å². The van der Waals surface area contributed by atoms with Crippen LogP contribution in [0.5, 0.6) is 0 Å². The van der Waals surface area contributed by atoms with Crippen LogP contribution in [0.2, 0.25) is 0 Å². The molecule has 18 heavy (non-hydrogen) atoms. The number of benzene rings is 1. The monoisotopic (exact) mass is 248 g/mol. The van der Waals surface area contributed by atoms with Crippen LogP contribution in [0.3, 0.4) is 0 Å². The van der Waals surface area contributed by atoms with E-state index >= 15 is 0 Å². The molecule has 0 unspecified atom stereocenters. The van der Waals surface area contributed by atoms with Crippen molar-refractivity contribution in [3.8, 4) is 0 Å². The summed E-state index contributed by atoms with van der Waals surface area (Å²) in [5, 5.41) is 17.0. The standard InChI is InChI=1S/C13H16N2O3/c1-4-18-13(17)12(10(3)16)15-14-11-7-5-9(2)6-8-11/h5-8,16H,4H2,1-3H3/b12-10-,15-14?. The predicted molar refractivity (Wildman–Crippen MR) is 67.7 cm³/mol. The molecule has 0 aliphatic rings. The Morgan fingerprint density at radius 1 is 1.33 bits per heavy atom. The normalized spacial score (nSPS) is 12.4. The lowest BCUT2D eigenvalue weighted by atomic mass is 10.2. The number of rotatable bonds is 4. The topological polar surface area (TPSA) is 71.2 Å². The summed E-state index contributed by atoms with van der Waals surface area (Å²) < 4.78 is 4.76. The van der Waals surface area contributed by atoms with Crippen molar-refractivity contribution in [1.82, 2.24) is 0 Å². The van der Waals surface area contributed by atoms with Crippen LogP contribution in [0, 0.1) is 6.92 Å². The first kappa shape index (κ1) is 13.9. The summed E-state index contributed by atoms with van der Waals surface area (Å²) in [5.41, 5.74) is 1.52. The van der Waals surface area contributed by atoms with Crippen LogP contribution >= 0.6 is 0 Å². The second kappa shape index (κ2) is 6.54. The number of allylic oxidation sites excluding steroid dienone is 1. The second-order valence-electron chi connectivity index (χ2n) is 3.69. The Bertz CT molecular complexity index is 472. The summed E-state index contributed by atoms with van der Waals surface area (Å²) in [6.07, 6.45) is 0. The Morgan fingerprint density at radius 2 is 1.94 bits per heavy atom. The predicted octanol–water partition coefficient (Wildman–Crippen LogP) is 3.43. The highest BCUT2D eigenvalue weighted by molar-refractivity contribution is 5.88. The average molecular weight is 248 g/mol. The molecule has 1 aromatic rings. The Morgan fingerprint density at radius 3 is 2.44 bits per heavy atom. The largest absolute Gasteiger partial charge is 0.510 e. The van der Waals surface area contributed by atoms with Gasteiger partial charge in [0, 0.05) is 0 Å². The molecule has 0 spiro atoms. The number of nitrogens with zero attached hydrogens (tertiary/aromatic N) is 2. The number of carbonyl (C=O) groups excluding carboxylic acids is 1. The number of azo groups is 1. The SMILES string of the molecule is CCOC(=O)/C(N=Nc1ccc(C)cc1)=C(\C)O. The van der Waals surface area contributed by atoms with Gasteiger partial charge in [0.25, 0.3) is 0 Å². The van der Waals surface area contributed by atoms with Gasteiger partial charge in [0.1, 0.15) is 5.76 Å². The van der Waals surface area contributed by atoms with Crippen LogP contribution in [0.15, 0.2) is 46.0 Å². The van der Waals surface area contributed by atoms with Gasteiger partial charge in [-0.2, -0.15) is 5.11 Å². The maximum Gasteiger partial charge on any atom is 0.362 e. The molecule has 0 radical (unpaired) electrons. The average Bonchev–Trinajstić information content (AvgIpc) is 2.31. The second-order valence-corrected chi connectivity index (χ2v) is 3.69. The maximum absolute atomic E-state index is 11.5. The van der Waals surface area contributed by atoms with Crippen molar-refractivity contribution < 1.29 is 14.6 Å². The van der Waals surface area contributed by atoms with Crippen molar-refractivity contribution in [2.24, 2.45) is 10.2 Å². The van der Waals surface area contributed by atoms with Gasteiger partial charge in [-0.25, -0.2) is 4.79 Å². The maximum atomic E-state index is 11.5. The number of aliphatic hydroxyl groups is 1. The van der Waals surface area contributed by atoms with Crippen LogP contribution < -0.4 is 0 Å². The highest BCUT2D eigenvalue weighted by Gasteiger charge is 2.13. The first-order chi connectivity index (χ1) is 8.54. The minimum Gasteiger partial charge on any atom is -0.510 e. The molecule has 0 aliphatic carbocycles. The zero-order valence-corrected chi connectivity index (χ0v) is 10.7. The molecule has 5 heteroatoms. The minimum absolute atomic E-state index is 0.183. The molecule has 1 N–H and O–H groups in total. The number of aliphatic hydroxyl groups excluding tert-OH is 1. The van der Waals surface area contributed by atoms with E-state index in [1.54, 1.807) is 19.1 Å². The lowest BCUT2D eigenvalue weighted by molar-refractivity contribution is -0.138. The highest BCUT2D eigenvalue weighted by atomic mass is 16.5. The smallest absolute Gasteiger partial charge is 0.362 e. The molecule has 1 rings (SSSR count). The lowest BCUT2D eigenvalue weighted by Gasteiger charge is -2.02. The third-order valence-electron chi connectivity index (χ3n) is 2.11. The van der Waals surface area contributed by atoms with E-state index in [4.69, 9.17) is 4.74 Å². The van der Waals surface area contributed by atoms with E-state index in [2.05, 4.69) is 10.2 Å². The van der Waals surface area contributed by atoms with Gasteiger partial charge in [-0.05, 0) is 32.9 Å². The summed E-state index contributed by atoms with van der Waals surface area (Å²) in [6, 6.07) is 7.31. The van der Waals surface area contributed by atoms with Gasteiger partial charge in [-0.1, -0.05) is 17.7 Å². The third kappa shape index (κ3) is 4.01. The number of hydrogen-bond donors (Lipinski definition) is 1. The van der Waals surface area contributed by atoms with Gasteiger partial charge in [0.2, 0.25) is 5.70 Å². The fourth-order valence-electron chi connectivity index (χ4n) is 1.18. The van der Waals surface area contributed by atoms with Crippen molar-refractivity contribution in [3.63, 3.8) is 0 Å². The fourth-order valence-corrected chi connectivity index (χ4v) is 1.18. The number of carbonyl (C=O) groups is 1. The third-order valence-corrected chi connectivity index (χ3v) is 2.11. The summed E-state index contributed by atoms with van der Waals surface area (Å²) >= 11 is 0. The van der Waals surface area contributed by atoms with E-state index in [1.807, 2.05) is 19.1 Å². The van der Waals surface area contributed by atoms with E-state index in [-0.39, 0.29) is 18.1 Å². The van der Waals surface area contributed by atoms with Gasteiger partial charge < -0.3 is 9.84 Å². The summed E-state index contributed by atoms with van der Waals surface area (Å²) in [7, 11) is 0. The molecule has 0 saturated carbocycles. The first-order valence-corrected chi connectivity index (χ1v) is 5.60. The number of esters is 1. The Balaban J connectivity index is 2.88. The molecule has 96 valence electrons. The molecule has 0 saturated heterocycles. The highest BCUT2D eigenvalue weighted by Crippen LogP contribution is 2.16. The molecular formula is C13H16N2O3. The molecule has 1 aromatic carbocycles. The number of aryl methyl sites for hydroxylation is 1. The molecular weight excluding hydrogens is 232 g/mol. The van der Waals surface area contributed by atoms with E-state index in [9.17, 15) is 9.90 Å². The van der Waals surface area contributed by atoms with E-state index in [0.29, 0.717) is 5.69 Å². The summed E-state index contributed by atoms with van der Waals surface area (Å²) in [5.74, 6) is -0.905. The molecule has 5 nitrogen and oxygen atoms in total. The number of ether oxygens (including phenoxy) is 1. The number of hydrogen-bond acceptors (Lipinski definition) is 5. The molecule has 0 fully saturated rings. The van der Waals surface area contributed by atoms with Gasteiger partial charge in [-0.15, -0.1) is 5.11 Å². The zero-order chi connectivity index (χ0) is 13.5. The van der Waals surface area contributed by atoms with Gasteiger partial charge in [0.05, 0.1) is 12.3 Å². The minimum atomic E-state index is -0.687. The zero-order valence-electron chi connectivity index (χ0n) is 10.7. The van der Waals surface area contributed by atoms with Gasteiger partial charge in [-0.3, -0.25) is 0 Å². The van der Waals surface area contributed by atoms with E-state index in [0.717, 1.165) is 5.56 Å². The Hall–Kier alpha value is -2.17. The molecule has 0 aliphatic heterocycles. The summed E-state index contributed by atoms with van der Waals surface area (Å²) in [6.45, 7) is 5.22. The van der Waals surface area contributed by atoms with Gasteiger partial charge in [0.15, 0.2) is 0 Å². The molecule has 0 heterocycles. The van der Waals surface area contributed by atoms with Crippen molar-refractivity contribution in [2.75, 3.05) is 6.61 Å². The summed E-state index contributed by atoms with van der Waals surface area (Å²) in [4.78, 5) is 11.5. The van der Waals surface area contributed by atoms with Crippen molar-refractivity contribution in [1.29, 1.82) is 0 Å². The Kier molecular flexibility index (Phi) is 5.05. The molecule has 0 aromatic heterocycles. The van der Waals surface area contributed by atoms with E-state index < -0.39 is 5.97 Å². The van der Waals surface area contributed by atoms with Crippen molar-refractivity contribution >= 4 is 11.7 Å². The molecule has 0 amide bonds. The van der Waals surface area contributed by atoms with Crippen LogP contribution in [-0.2, 0) is 9.53 Å². The molecule has 0 atom stereocenters.